The zero-order valence-electron chi connectivity index (χ0n) is 13.0. The number of hydrogen-bond donors (Lipinski definition) is 3. The average molecular weight is 334 g/mol. The van der Waals surface area contributed by atoms with Crippen LogP contribution in [-0.2, 0) is 0 Å². The maximum Gasteiger partial charge on any atom is 0.335 e. The van der Waals surface area contributed by atoms with E-state index in [0.717, 1.165) is 5.56 Å². The molecule has 0 fully saturated rings. The Morgan fingerprint density at radius 2 is 1.84 bits per heavy atom. The molecule has 0 saturated carbocycles. The molecule has 7 heteroatoms. The van der Waals surface area contributed by atoms with E-state index in [1.54, 1.807) is 12.1 Å². The van der Waals surface area contributed by atoms with E-state index in [9.17, 15) is 9.59 Å². The Morgan fingerprint density at radius 1 is 1.12 bits per heavy atom. The third kappa shape index (κ3) is 4.17. The Balaban J connectivity index is 1.76. The highest BCUT2D eigenvalue weighted by atomic mass is 16.4. The summed E-state index contributed by atoms with van der Waals surface area (Å²) in [5, 5.41) is 12.9. The van der Waals surface area contributed by atoms with Crippen molar-refractivity contribution >= 4 is 18.1 Å². The number of nitrogens with one attached hydrogen (secondary N) is 2. The van der Waals surface area contributed by atoms with Gasteiger partial charge in [0.15, 0.2) is 0 Å². The number of benzene rings is 2. The lowest BCUT2D eigenvalue weighted by Gasteiger charge is -2.03. The molecule has 0 aliphatic carbocycles. The fourth-order valence-corrected chi connectivity index (χ4v) is 2.15. The second-order valence-corrected chi connectivity index (χ2v) is 5.14. The van der Waals surface area contributed by atoms with Crippen molar-refractivity contribution in [3.8, 4) is 11.3 Å². The summed E-state index contributed by atoms with van der Waals surface area (Å²) >= 11 is 0. The van der Waals surface area contributed by atoms with Crippen LogP contribution in [0.3, 0.4) is 0 Å². The van der Waals surface area contributed by atoms with Crippen molar-refractivity contribution in [2.24, 2.45) is 5.10 Å². The number of carbonyl (C=O) groups is 1. The first kappa shape index (κ1) is 16.1. The smallest absolute Gasteiger partial charge is 0.335 e. The fourth-order valence-electron chi connectivity index (χ4n) is 2.15. The molecule has 124 valence electrons. The second kappa shape index (κ2) is 7.22. The van der Waals surface area contributed by atoms with E-state index in [1.165, 1.54) is 24.4 Å². The van der Waals surface area contributed by atoms with Crippen LogP contribution < -0.4 is 11.0 Å². The summed E-state index contributed by atoms with van der Waals surface area (Å²) < 4.78 is 0. The highest BCUT2D eigenvalue weighted by Crippen LogP contribution is 2.15. The van der Waals surface area contributed by atoms with E-state index in [1.807, 2.05) is 30.3 Å². The molecule has 1 aromatic heterocycles. The van der Waals surface area contributed by atoms with Gasteiger partial charge in [-0.3, -0.25) is 9.78 Å². The fraction of sp³-hybridized carbons (Fsp3) is 0. The molecule has 3 N–H and O–H groups in total. The molecule has 0 atom stereocenters. The lowest BCUT2D eigenvalue weighted by molar-refractivity contribution is 0.0697. The molecule has 2 aromatic carbocycles. The topological polar surface area (TPSA) is 107 Å². The van der Waals surface area contributed by atoms with E-state index in [4.69, 9.17) is 5.11 Å². The first-order valence-corrected chi connectivity index (χ1v) is 7.41. The van der Waals surface area contributed by atoms with Gasteiger partial charge in [-0.25, -0.2) is 15.2 Å². The van der Waals surface area contributed by atoms with Crippen LogP contribution in [-0.4, -0.2) is 27.3 Å². The average Bonchev–Trinajstić information content (AvgIpc) is 2.62. The van der Waals surface area contributed by atoms with Gasteiger partial charge in [-0.05, 0) is 17.7 Å². The van der Waals surface area contributed by atoms with Gasteiger partial charge in [0, 0.05) is 11.6 Å². The first-order chi connectivity index (χ1) is 12.1. The van der Waals surface area contributed by atoms with Crippen LogP contribution in [0.2, 0.25) is 0 Å². The summed E-state index contributed by atoms with van der Waals surface area (Å²) in [6, 6.07) is 17.0. The van der Waals surface area contributed by atoms with Crippen LogP contribution in [0.4, 0.5) is 5.95 Å². The minimum Gasteiger partial charge on any atom is -0.478 e. The van der Waals surface area contributed by atoms with Crippen LogP contribution in [0.1, 0.15) is 15.9 Å². The van der Waals surface area contributed by atoms with Crippen molar-refractivity contribution in [1.82, 2.24) is 9.97 Å². The lowest BCUT2D eigenvalue weighted by Crippen LogP contribution is -2.10. The lowest BCUT2D eigenvalue weighted by atomic mass is 10.1. The van der Waals surface area contributed by atoms with Crippen molar-refractivity contribution in [1.29, 1.82) is 0 Å². The molecule has 3 rings (SSSR count). The van der Waals surface area contributed by atoms with Crippen molar-refractivity contribution in [2.45, 2.75) is 0 Å². The molecule has 0 aliphatic rings. The number of rotatable bonds is 5. The number of anilines is 1. The molecule has 0 spiro atoms. The van der Waals surface area contributed by atoms with E-state index in [-0.39, 0.29) is 17.1 Å². The molecule has 0 aliphatic heterocycles. The highest BCUT2D eigenvalue weighted by molar-refractivity contribution is 5.89. The number of aromatic carboxylic acids is 1. The van der Waals surface area contributed by atoms with Gasteiger partial charge in [0.25, 0.3) is 5.56 Å². The summed E-state index contributed by atoms with van der Waals surface area (Å²) in [5.41, 5.74) is 4.64. The number of hydrogen-bond acceptors (Lipinski definition) is 5. The maximum absolute atomic E-state index is 11.8. The molecule has 25 heavy (non-hydrogen) atoms. The molecule has 0 bridgehead atoms. The number of hydrazone groups is 1. The summed E-state index contributed by atoms with van der Waals surface area (Å²) in [6.07, 6.45) is 1.50. The standard InChI is InChI=1S/C18H14N4O3/c23-16-10-15(13-4-2-1-3-5-13)20-18(21-16)22-19-11-12-6-8-14(9-7-12)17(24)25/h1-11H,(H,24,25)(H2,20,21,22,23)/b19-11-. The number of nitrogens with zero attached hydrogens (tertiary/aromatic N) is 2. The summed E-state index contributed by atoms with van der Waals surface area (Å²) in [4.78, 5) is 29.5. The molecule has 7 nitrogen and oxygen atoms in total. The molecule has 0 unspecified atom stereocenters. The van der Waals surface area contributed by atoms with E-state index < -0.39 is 5.97 Å². The number of carboxylic acid groups (broad SMARTS) is 1. The van der Waals surface area contributed by atoms with Gasteiger partial charge < -0.3 is 5.11 Å². The minimum absolute atomic E-state index is 0.201. The zero-order valence-corrected chi connectivity index (χ0v) is 13.0. The Hall–Kier alpha value is -3.74. The third-order valence-electron chi connectivity index (χ3n) is 3.35. The van der Waals surface area contributed by atoms with Gasteiger partial charge in [0.05, 0.1) is 17.5 Å². The highest BCUT2D eigenvalue weighted by Gasteiger charge is 2.03. The third-order valence-corrected chi connectivity index (χ3v) is 3.35. The van der Waals surface area contributed by atoms with Gasteiger partial charge >= 0.3 is 5.97 Å². The number of aromatic nitrogens is 2. The monoisotopic (exact) mass is 334 g/mol. The number of aromatic amines is 1. The summed E-state index contributed by atoms with van der Waals surface area (Å²) in [5.74, 6) is -0.772. The van der Waals surface area contributed by atoms with Crippen LogP contribution in [0.25, 0.3) is 11.3 Å². The zero-order chi connectivity index (χ0) is 17.6. The molecular formula is C18H14N4O3. The Kier molecular flexibility index (Phi) is 4.66. The Labute approximate surface area is 142 Å². The van der Waals surface area contributed by atoms with Crippen molar-refractivity contribution in [3.63, 3.8) is 0 Å². The summed E-state index contributed by atoms with van der Waals surface area (Å²) in [6.45, 7) is 0. The first-order valence-electron chi connectivity index (χ1n) is 7.41. The number of H-pyrrole nitrogens is 1. The molecular weight excluding hydrogens is 320 g/mol. The second-order valence-electron chi connectivity index (χ2n) is 5.14. The Morgan fingerprint density at radius 3 is 2.52 bits per heavy atom. The van der Waals surface area contributed by atoms with Gasteiger partial charge in [-0.15, -0.1) is 0 Å². The van der Waals surface area contributed by atoms with Crippen molar-refractivity contribution in [3.05, 3.63) is 82.1 Å². The van der Waals surface area contributed by atoms with Crippen molar-refractivity contribution < 1.29 is 9.90 Å². The van der Waals surface area contributed by atoms with Crippen LogP contribution in [0, 0.1) is 0 Å². The van der Waals surface area contributed by atoms with E-state index in [2.05, 4.69) is 20.5 Å². The molecule has 0 amide bonds. The predicted molar refractivity (Wildman–Crippen MR) is 94.9 cm³/mol. The van der Waals surface area contributed by atoms with Crippen molar-refractivity contribution in [2.75, 3.05) is 5.43 Å². The molecule has 0 saturated heterocycles. The molecule has 0 radical (unpaired) electrons. The minimum atomic E-state index is -0.985. The van der Waals surface area contributed by atoms with Crippen LogP contribution in [0.15, 0.2) is 70.6 Å². The molecule has 3 aromatic rings. The van der Waals surface area contributed by atoms with Gasteiger partial charge in [-0.2, -0.15) is 5.10 Å². The van der Waals surface area contributed by atoms with Crippen LogP contribution in [0.5, 0.6) is 0 Å². The quantitative estimate of drug-likeness (QED) is 0.491. The maximum atomic E-state index is 11.8. The number of carboxylic acids is 1. The summed E-state index contributed by atoms with van der Waals surface area (Å²) in [7, 11) is 0. The van der Waals surface area contributed by atoms with Gasteiger partial charge in [-0.1, -0.05) is 42.5 Å². The Bertz CT molecular complexity index is 964. The van der Waals surface area contributed by atoms with Crippen LogP contribution >= 0.6 is 0 Å². The van der Waals surface area contributed by atoms with E-state index >= 15 is 0 Å². The molecule has 1 heterocycles. The van der Waals surface area contributed by atoms with E-state index in [0.29, 0.717) is 11.3 Å². The largest absolute Gasteiger partial charge is 0.478 e. The van der Waals surface area contributed by atoms with Gasteiger partial charge in [0.2, 0.25) is 5.95 Å². The normalized spacial score (nSPS) is 10.7. The van der Waals surface area contributed by atoms with Gasteiger partial charge in [0.1, 0.15) is 0 Å². The SMILES string of the molecule is O=C(O)c1ccc(/C=N\Nc2nc(-c3ccccc3)cc(=O)[nH]2)cc1. The predicted octanol–water partition coefficient (Wildman–Crippen LogP) is 2.58.